The number of carbonyl (C=O) groups excluding carboxylic acids is 3. The van der Waals surface area contributed by atoms with Gasteiger partial charge in [-0.05, 0) is 36.6 Å². The lowest BCUT2D eigenvalue weighted by molar-refractivity contribution is -0.151. The van der Waals surface area contributed by atoms with E-state index in [0.29, 0.717) is 26.3 Å². The molecule has 1 saturated heterocycles. The Morgan fingerprint density at radius 1 is 1.29 bits per heavy atom. The molecule has 1 aliphatic rings. The average molecular weight is 388 g/mol. The molecule has 1 aliphatic heterocycles. The summed E-state index contributed by atoms with van der Waals surface area (Å²) in [5.41, 5.74) is 0.839. The number of ether oxygens (including phenoxy) is 2. The van der Waals surface area contributed by atoms with E-state index in [2.05, 4.69) is 5.32 Å². The van der Waals surface area contributed by atoms with Crippen LogP contribution < -0.4 is 10.1 Å². The lowest BCUT2D eigenvalue weighted by Gasteiger charge is -2.33. The summed E-state index contributed by atoms with van der Waals surface area (Å²) in [4.78, 5) is 38.3. The molecule has 1 heterocycles. The standard InChI is InChI=1S/C21H28N2O5/c1-4-27-17-8-5-16(6-9-17)7-10-19(24)23-12-11-22-21(26)18(23)13-20(25)28-14-15(2)3/h5-10,15,18H,4,11-14H2,1-3H3,(H,22,26)/b10-7+. The molecule has 1 unspecified atom stereocenters. The summed E-state index contributed by atoms with van der Waals surface area (Å²) in [7, 11) is 0. The van der Waals surface area contributed by atoms with Gasteiger partial charge in [-0.1, -0.05) is 26.0 Å². The highest BCUT2D eigenvalue weighted by atomic mass is 16.5. The zero-order valence-corrected chi connectivity index (χ0v) is 16.6. The Hall–Kier alpha value is -2.83. The molecule has 0 bridgehead atoms. The first kappa shape index (κ1) is 21.5. The van der Waals surface area contributed by atoms with Crippen LogP contribution in [0.4, 0.5) is 0 Å². The second-order valence-corrected chi connectivity index (χ2v) is 6.95. The van der Waals surface area contributed by atoms with Gasteiger partial charge in [0.25, 0.3) is 0 Å². The van der Waals surface area contributed by atoms with Crippen molar-refractivity contribution in [3.05, 3.63) is 35.9 Å². The van der Waals surface area contributed by atoms with Crippen LogP contribution in [0, 0.1) is 5.92 Å². The van der Waals surface area contributed by atoms with Crippen LogP contribution in [0.5, 0.6) is 5.75 Å². The molecule has 1 N–H and O–H groups in total. The minimum atomic E-state index is -0.856. The first-order valence-corrected chi connectivity index (χ1v) is 9.55. The molecule has 7 nitrogen and oxygen atoms in total. The molecule has 0 aromatic heterocycles. The molecule has 2 rings (SSSR count). The fourth-order valence-corrected chi connectivity index (χ4v) is 2.76. The van der Waals surface area contributed by atoms with Gasteiger partial charge < -0.3 is 19.7 Å². The number of esters is 1. The maximum Gasteiger partial charge on any atom is 0.308 e. The van der Waals surface area contributed by atoms with Crippen molar-refractivity contribution in [2.24, 2.45) is 5.92 Å². The molecule has 0 radical (unpaired) electrons. The monoisotopic (exact) mass is 388 g/mol. The number of nitrogens with one attached hydrogen (secondary N) is 1. The van der Waals surface area contributed by atoms with Gasteiger partial charge in [0.05, 0.1) is 19.6 Å². The van der Waals surface area contributed by atoms with Crippen LogP contribution in [0.25, 0.3) is 6.08 Å². The number of piperazine rings is 1. The topological polar surface area (TPSA) is 84.9 Å². The Morgan fingerprint density at radius 2 is 2.00 bits per heavy atom. The van der Waals surface area contributed by atoms with E-state index in [9.17, 15) is 14.4 Å². The maximum absolute atomic E-state index is 12.6. The molecule has 28 heavy (non-hydrogen) atoms. The number of rotatable bonds is 8. The van der Waals surface area contributed by atoms with Gasteiger partial charge in [0.2, 0.25) is 11.8 Å². The van der Waals surface area contributed by atoms with Gasteiger partial charge in [0.15, 0.2) is 0 Å². The van der Waals surface area contributed by atoms with Gasteiger partial charge in [-0.25, -0.2) is 0 Å². The number of benzene rings is 1. The molecule has 152 valence electrons. The van der Waals surface area contributed by atoms with E-state index in [1.807, 2.05) is 45.0 Å². The van der Waals surface area contributed by atoms with Crippen molar-refractivity contribution >= 4 is 23.9 Å². The van der Waals surface area contributed by atoms with Gasteiger partial charge >= 0.3 is 5.97 Å². The normalized spacial score (nSPS) is 16.9. The molecule has 1 atom stereocenters. The zero-order valence-electron chi connectivity index (χ0n) is 16.6. The Morgan fingerprint density at radius 3 is 2.64 bits per heavy atom. The van der Waals surface area contributed by atoms with Crippen molar-refractivity contribution in [2.45, 2.75) is 33.2 Å². The Bertz CT molecular complexity index is 712. The van der Waals surface area contributed by atoms with Gasteiger partial charge in [-0.15, -0.1) is 0 Å². The van der Waals surface area contributed by atoms with Crippen LogP contribution in [0.1, 0.15) is 32.8 Å². The number of carbonyl (C=O) groups is 3. The number of hydrogen-bond acceptors (Lipinski definition) is 5. The predicted octanol–water partition coefficient (Wildman–Crippen LogP) is 2.01. The van der Waals surface area contributed by atoms with Crippen LogP contribution in [-0.2, 0) is 19.1 Å². The van der Waals surface area contributed by atoms with Crippen molar-refractivity contribution in [1.82, 2.24) is 10.2 Å². The Labute approximate surface area is 165 Å². The summed E-state index contributed by atoms with van der Waals surface area (Å²) < 4.78 is 10.5. The van der Waals surface area contributed by atoms with E-state index in [0.717, 1.165) is 11.3 Å². The van der Waals surface area contributed by atoms with E-state index >= 15 is 0 Å². The molecule has 1 aromatic rings. The van der Waals surface area contributed by atoms with Crippen LogP contribution in [0.15, 0.2) is 30.3 Å². The zero-order chi connectivity index (χ0) is 20.5. The summed E-state index contributed by atoms with van der Waals surface area (Å²) in [6.07, 6.45) is 2.95. The first-order valence-electron chi connectivity index (χ1n) is 9.55. The molecule has 0 spiro atoms. The van der Waals surface area contributed by atoms with Crippen LogP contribution in [0.3, 0.4) is 0 Å². The van der Waals surface area contributed by atoms with Crippen LogP contribution >= 0.6 is 0 Å². The lowest BCUT2D eigenvalue weighted by atomic mass is 10.1. The Balaban J connectivity index is 2.01. The van der Waals surface area contributed by atoms with Gasteiger partial charge in [-0.2, -0.15) is 0 Å². The number of nitrogens with zero attached hydrogens (tertiary/aromatic N) is 1. The summed E-state index contributed by atoms with van der Waals surface area (Å²) in [6, 6.07) is 6.49. The van der Waals surface area contributed by atoms with Crippen molar-refractivity contribution in [3.63, 3.8) is 0 Å². The van der Waals surface area contributed by atoms with E-state index in [-0.39, 0.29) is 24.2 Å². The number of hydrogen-bond donors (Lipinski definition) is 1. The second-order valence-electron chi connectivity index (χ2n) is 6.95. The minimum Gasteiger partial charge on any atom is -0.494 e. The molecule has 2 amide bonds. The van der Waals surface area contributed by atoms with E-state index in [1.54, 1.807) is 6.08 Å². The third-order valence-electron chi connectivity index (χ3n) is 4.16. The van der Waals surface area contributed by atoms with E-state index in [4.69, 9.17) is 9.47 Å². The lowest BCUT2D eigenvalue weighted by Crippen LogP contribution is -2.57. The predicted molar refractivity (Wildman–Crippen MR) is 106 cm³/mol. The van der Waals surface area contributed by atoms with Gasteiger partial charge in [0.1, 0.15) is 11.8 Å². The number of amides is 2. The van der Waals surface area contributed by atoms with Crippen molar-refractivity contribution in [2.75, 3.05) is 26.3 Å². The fraction of sp³-hybridized carbons (Fsp3) is 0.476. The highest BCUT2D eigenvalue weighted by molar-refractivity contribution is 5.97. The molecule has 7 heteroatoms. The second kappa shape index (κ2) is 10.5. The highest BCUT2D eigenvalue weighted by Gasteiger charge is 2.34. The summed E-state index contributed by atoms with van der Waals surface area (Å²) in [5, 5.41) is 2.70. The van der Waals surface area contributed by atoms with Crippen LogP contribution in [-0.4, -0.2) is 55.0 Å². The third-order valence-corrected chi connectivity index (χ3v) is 4.16. The molecular weight excluding hydrogens is 360 g/mol. The maximum atomic E-state index is 12.6. The summed E-state index contributed by atoms with van der Waals surface area (Å²) in [5.74, 6) is -0.164. The molecule has 1 fully saturated rings. The van der Waals surface area contributed by atoms with Crippen molar-refractivity contribution in [1.29, 1.82) is 0 Å². The molecule has 1 aromatic carbocycles. The molecular formula is C21H28N2O5. The van der Waals surface area contributed by atoms with Gasteiger partial charge in [0, 0.05) is 19.2 Å². The van der Waals surface area contributed by atoms with Gasteiger partial charge in [-0.3, -0.25) is 14.4 Å². The van der Waals surface area contributed by atoms with Crippen molar-refractivity contribution < 1.29 is 23.9 Å². The summed E-state index contributed by atoms with van der Waals surface area (Å²) in [6.45, 7) is 7.37. The largest absolute Gasteiger partial charge is 0.494 e. The van der Waals surface area contributed by atoms with E-state index < -0.39 is 12.0 Å². The average Bonchev–Trinajstić information content (AvgIpc) is 2.67. The molecule has 0 aliphatic carbocycles. The Kier molecular flexibility index (Phi) is 8.04. The fourth-order valence-electron chi connectivity index (χ4n) is 2.76. The van der Waals surface area contributed by atoms with Crippen LogP contribution in [0.2, 0.25) is 0 Å². The van der Waals surface area contributed by atoms with Crippen molar-refractivity contribution in [3.8, 4) is 5.75 Å². The SMILES string of the molecule is CCOc1ccc(/C=C/C(=O)N2CCNC(=O)C2CC(=O)OCC(C)C)cc1. The van der Waals surface area contributed by atoms with E-state index in [1.165, 1.54) is 11.0 Å². The highest BCUT2D eigenvalue weighted by Crippen LogP contribution is 2.15. The molecule has 0 saturated carbocycles. The smallest absolute Gasteiger partial charge is 0.308 e. The minimum absolute atomic E-state index is 0.152. The first-order chi connectivity index (χ1) is 13.4. The third kappa shape index (κ3) is 6.40. The summed E-state index contributed by atoms with van der Waals surface area (Å²) >= 11 is 0. The quantitative estimate of drug-likeness (QED) is 0.544.